The molecule has 1 N–H and O–H groups in total. The molecule has 0 aromatic heterocycles. The number of hydrogen-bond acceptors (Lipinski definition) is 3. The maximum atomic E-state index is 10.4. The second-order valence-corrected chi connectivity index (χ2v) is 6.28. The molecule has 1 aromatic carbocycles. The maximum Gasteiger partial charge on any atom is 0.0654 e. The zero-order chi connectivity index (χ0) is 15.1. The molecule has 21 heavy (non-hydrogen) atoms. The van der Waals surface area contributed by atoms with Gasteiger partial charge in [0.15, 0.2) is 0 Å². The third-order valence-electron chi connectivity index (χ3n) is 4.92. The molecule has 2 rings (SSSR count). The van der Waals surface area contributed by atoms with E-state index in [1.807, 2.05) is 0 Å². The Hall–Kier alpha value is -0.900. The lowest BCUT2D eigenvalue weighted by Gasteiger charge is -2.36. The zero-order valence-corrected chi connectivity index (χ0v) is 13.6. The van der Waals surface area contributed by atoms with E-state index in [-0.39, 0.29) is 0 Å². The molecule has 0 saturated carbocycles. The molecule has 0 atom stereocenters. The number of piperazine rings is 1. The van der Waals surface area contributed by atoms with Crippen molar-refractivity contribution in [1.82, 2.24) is 9.80 Å². The fourth-order valence-electron chi connectivity index (χ4n) is 2.98. The van der Waals surface area contributed by atoms with E-state index >= 15 is 0 Å². The van der Waals surface area contributed by atoms with Crippen LogP contribution in [0, 0.1) is 0 Å². The Morgan fingerprint density at radius 2 is 1.52 bits per heavy atom. The molecular weight excluding hydrogens is 260 g/mol. The summed E-state index contributed by atoms with van der Waals surface area (Å²) in [4.78, 5) is 5.02. The van der Waals surface area contributed by atoms with Crippen molar-refractivity contribution in [3.05, 3.63) is 35.9 Å². The molecular formula is C18H30N2O. The molecule has 1 aromatic rings. The highest BCUT2D eigenvalue weighted by molar-refractivity contribution is 5.14. The van der Waals surface area contributed by atoms with Crippen molar-refractivity contribution in [1.29, 1.82) is 0 Å². The second kappa shape index (κ2) is 7.92. The monoisotopic (exact) mass is 290 g/mol. The largest absolute Gasteiger partial charge is 0.390 e. The van der Waals surface area contributed by atoms with Crippen LogP contribution in [0.25, 0.3) is 0 Å². The van der Waals surface area contributed by atoms with Gasteiger partial charge in [-0.05, 0) is 24.8 Å². The number of benzene rings is 1. The summed E-state index contributed by atoms with van der Waals surface area (Å²) in [7, 11) is 0. The molecule has 0 unspecified atom stereocenters. The van der Waals surface area contributed by atoms with Crippen molar-refractivity contribution < 1.29 is 5.11 Å². The average Bonchev–Trinajstić information content (AvgIpc) is 2.55. The Morgan fingerprint density at radius 3 is 2.10 bits per heavy atom. The summed E-state index contributed by atoms with van der Waals surface area (Å²) in [5, 5.41) is 10.4. The topological polar surface area (TPSA) is 26.7 Å². The Labute approximate surface area is 129 Å². The minimum atomic E-state index is -0.457. The van der Waals surface area contributed by atoms with Gasteiger partial charge in [-0.2, -0.15) is 0 Å². The highest BCUT2D eigenvalue weighted by Crippen LogP contribution is 2.20. The van der Waals surface area contributed by atoms with E-state index in [1.165, 1.54) is 5.56 Å². The van der Waals surface area contributed by atoms with Gasteiger partial charge in [0.25, 0.3) is 0 Å². The normalized spacial score (nSPS) is 18.0. The lowest BCUT2D eigenvalue weighted by Crippen LogP contribution is -2.47. The summed E-state index contributed by atoms with van der Waals surface area (Å²) >= 11 is 0. The summed E-state index contributed by atoms with van der Waals surface area (Å²) < 4.78 is 0. The van der Waals surface area contributed by atoms with Crippen molar-refractivity contribution in [2.75, 3.05) is 32.7 Å². The summed E-state index contributed by atoms with van der Waals surface area (Å²) in [5.74, 6) is 0. The first-order valence-corrected chi connectivity index (χ1v) is 8.36. The van der Waals surface area contributed by atoms with Gasteiger partial charge in [-0.25, -0.2) is 0 Å². The van der Waals surface area contributed by atoms with E-state index in [9.17, 15) is 5.11 Å². The molecule has 3 nitrogen and oxygen atoms in total. The molecule has 3 heteroatoms. The van der Waals surface area contributed by atoms with E-state index < -0.39 is 5.60 Å². The Kier molecular flexibility index (Phi) is 6.22. The molecule has 118 valence electrons. The number of aliphatic hydroxyl groups is 1. The Balaban J connectivity index is 1.71. The molecule has 0 aliphatic carbocycles. The molecule has 1 fully saturated rings. The second-order valence-electron chi connectivity index (χ2n) is 6.28. The van der Waals surface area contributed by atoms with Crippen molar-refractivity contribution in [2.24, 2.45) is 0 Å². The first-order valence-electron chi connectivity index (χ1n) is 8.36. The minimum Gasteiger partial charge on any atom is -0.390 e. The Bertz CT molecular complexity index is 395. The van der Waals surface area contributed by atoms with E-state index in [0.717, 1.165) is 58.5 Å². The molecule has 1 aliphatic heterocycles. The van der Waals surface area contributed by atoms with E-state index in [4.69, 9.17) is 0 Å². The molecule has 0 spiro atoms. The first-order chi connectivity index (χ1) is 10.1. The van der Waals surface area contributed by atoms with Crippen LogP contribution in [0.3, 0.4) is 0 Å². The third kappa shape index (κ3) is 5.10. The standard InChI is InChI=1S/C18H30N2O/c1-3-18(21,4-2)10-11-19-12-14-20(15-13-19)16-17-8-6-5-7-9-17/h5-9,21H,3-4,10-16H2,1-2H3. The van der Waals surface area contributed by atoms with Crippen LogP contribution in [0.4, 0.5) is 0 Å². The van der Waals surface area contributed by atoms with Crippen LogP contribution in [0.1, 0.15) is 38.7 Å². The predicted octanol–water partition coefficient (Wildman–Crippen LogP) is 2.75. The van der Waals surface area contributed by atoms with Crippen molar-refractivity contribution >= 4 is 0 Å². The van der Waals surface area contributed by atoms with E-state index in [2.05, 4.69) is 54.0 Å². The highest BCUT2D eigenvalue weighted by atomic mass is 16.3. The van der Waals surface area contributed by atoms with E-state index in [1.54, 1.807) is 0 Å². The minimum absolute atomic E-state index is 0.457. The van der Waals surface area contributed by atoms with Crippen LogP contribution in [-0.2, 0) is 6.54 Å². The van der Waals surface area contributed by atoms with Crippen LogP contribution < -0.4 is 0 Å². The van der Waals surface area contributed by atoms with Gasteiger partial charge in [0.2, 0.25) is 0 Å². The summed E-state index contributed by atoms with van der Waals surface area (Å²) in [6, 6.07) is 10.7. The number of hydrogen-bond donors (Lipinski definition) is 1. The number of rotatable bonds is 7. The van der Waals surface area contributed by atoms with E-state index in [0.29, 0.717) is 0 Å². The fourth-order valence-corrected chi connectivity index (χ4v) is 2.98. The summed E-state index contributed by atoms with van der Waals surface area (Å²) in [5.41, 5.74) is 0.943. The van der Waals surface area contributed by atoms with Crippen LogP contribution in [0.5, 0.6) is 0 Å². The van der Waals surface area contributed by atoms with Crippen molar-refractivity contribution in [3.63, 3.8) is 0 Å². The molecule has 0 bridgehead atoms. The zero-order valence-electron chi connectivity index (χ0n) is 13.6. The highest BCUT2D eigenvalue weighted by Gasteiger charge is 2.24. The lowest BCUT2D eigenvalue weighted by molar-refractivity contribution is 0.00852. The smallest absolute Gasteiger partial charge is 0.0654 e. The van der Waals surface area contributed by atoms with Crippen molar-refractivity contribution in [2.45, 2.75) is 45.3 Å². The molecule has 1 aliphatic rings. The van der Waals surface area contributed by atoms with Gasteiger partial charge < -0.3 is 10.0 Å². The van der Waals surface area contributed by atoms with Crippen LogP contribution in [0.2, 0.25) is 0 Å². The SMILES string of the molecule is CCC(O)(CC)CCN1CCN(Cc2ccccc2)CC1. The molecule has 1 heterocycles. The summed E-state index contributed by atoms with van der Waals surface area (Å²) in [6.45, 7) is 10.8. The maximum absolute atomic E-state index is 10.4. The van der Waals surface area contributed by atoms with Crippen LogP contribution in [-0.4, -0.2) is 53.2 Å². The lowest BCUT2D eigenvalue weighted by atomic mass is 9.93. The number of nitrogens with zero attached hydrogens (tertiary/aromatic N) is 2. The molecule has 0 amide bonds. The predicted molar refractivity (Wildman–Crippen MR) is 88.3 cm³/mol. The van der Waals surface area contributed by atoms with Gasteiger partial charge in [-0.15, -0.1) is 0 Å². The first kappa shape index (κ1) is 16.5. The fraction of sp³-hybridized carbons (Fsp3) is 0.667. The molecule has 0 radical (unpaired) electrons. The quantitative estimate of drug-likeness (QED) is 0.836. The van der Waals surface area contributed by atoms with Crippen molar-refractivity contribution in [3.8, 4) is 0 Å². The van der Waals surface area contributed by atoms with Gasteiger partial charge in [0.05, 0.1) is 5.60 Å². The summed E-state index contributed by atoms with van der Waals surface area (Å²) in [6.07, 6.45) is 2.62. The van der Waals surface area contributed by atoms with Crippen LogP contribution in [0.15, 0.2) is 30.3 Å². The van der Waals surface area contributed by atoms with Gasteiger partial charge in [0.1, 0.15) is 0 Å². The van der Waals surface area contributed by atoms with Gasteiger partial charge >= 0.3 is 0 Å². The van der Waals surface area contributed by atoms with Gasteiger partial charge in [-0.1, -0.05) is 44.2 Å². The molecule has 1 saturated heterocycles. The van der Waals surface area contributed by atoms with Gasteiger partial charge in [0, 0.05) is 39.3 Å². The Morgan fingerprint density at radius 1 is 0.952 bits per heavy atom. The third-order valence-corrected chi connectivity index (χ3v) is 4.92. The average molecular weight is 290 g/mol. The van der Waals surface area contributed by atoms with Gasteiger partial charge in [-0.3, -0.25) is 4.90 Å². The van der Waals surface area contributed by atoms with Crippen LogP contribution >= 0.6 is 0 Å².